The van der Waals surface area contributed by atoms with Gasteiger partial charge in [-0.25, -0.2) is 0 Å². The van der Waals surface area contributed by atoms with E-state index in [2.05, 4.69) is 30.4 Å². The number of ether oxygens (including phenoxy) is 1. The van der Waals surface area contributed by atoms with Gasteiger partial charge in [0.25, 0.3) is 0 Å². The monoisotopic (exact) mass is 275 g/mol. The molecule has 1 fully saturated rings. The third-order valence-corrected chi connectivity index (χ3v) is 4.47. The van der Waals surface area contributed by atoms with Crippen LogP contribution in [0.5, 0.6) is 5.75 Å². The van der Waals surface area contributed by atoms with E-state index in [0.29, 0.717) is 6.04 Å². The first-order valence-electron chi connectivity index (χ1n) is 8.19. The third-order valence-electron chi connectivity index (χ3n) is 4.47. The summed E-state index contributed by atoms with van der Waals surface area (Å²) < 4.78 is 5.34. The van der Waals surface area contributed by atoms with Crippen LogP contribution in [0.4, 0.5) is 0 Å². The molecule has 0 amide bonds. The van der Waals surface area contributed by atoms with Crippen molar-refractivity contribution in [3.8, 4) is 5.75 Å². The SMILES string of the molecule is CCCNC(Cc1cccc(OC)c1)C1CCCCC1. The summed E-state index contributed by atoms with van der Waals surface area (Å²) >= 11 is 0. The smallest absolute Gasteiger partial charge is 0.119 e. The molecule has 0 aromatic heterocycles. The standard InChI is InChI=1S/C18H29NO/c1-3-12-19-18(16-9-5-4-6-10-16)14-15-8-7-11-17(13-15)20-2/h7-8,11,13,16,18-19H,3-6,9-10,12,14H2,1-2H3. The van der Waals surface area contributed by atoms with Gasteiger partial charge in [0, 0.05) is 6.04 Å². The van der Waals surface area contributed by atoms with E-state index in [-0.39, 0.29) is 0 Å². The lowest BCUT2D eigenvalue weighted by molar-refractivity contribution is 0.267. The molecule has 0 aliphatic heterocycles. The first-order chi connectivity index (χ1) is 9.83. The Morgan fingerprint density at radius 1 is 1.25 bits per heavy atom. The summed E-state index contributed by atoms with van der Waals surface area (Å²) in [5, 5.41) is 3.78. The van der Waals surface area contributed by atoms with Crippen molar-refractivity contribution in [2.75, 3.05) is 13.7 Å². The van der Waals surface area contributed by atoms with Crippen molar-refractivity contribution in [1.29, 1.82) is 0 Å². The Morgan fingerprint density at radius 3 is 2.75 bits per heavy atom. The van der Waals surface area contributed by atoms with Crippen LogP contribution in [-0.4, -0.2) is 19.7 Å². The van der Waals surface area contributed by atoms with Crippen LogP contribution in [0.25, 0.3) is 0 Å². The molecule has 0 bridgehead atoms. The van der Waals surface area contributed by atoms with Crippen molar-refractivity contribution >= 4 is 0 Å². The molecule has 1 atom stereocenters. The zero-order valence-electron chi connectivity index (χ0n) is 13.0. The van der Waals surface area contributed by atoms with Crippen LogP contribution in [0.2, 0.25) is 0 Å². The van der Waals surface area contributed by atoms with Crippen molar-refractivity contribution in [2.45, 2.75) is 57.9 Å². The maximum atomic E-state index is 5.34. The maximum Gasteiger partial charge on any atom is 0.119 e. The van der Waals surface area contributed by atoms with E-state index in [1.54, 1.807) is 7.11 Å². The van der Waals surface area contributed by atoms with Crippen LogP contribution in [0.1, 0.15) is 51.0 Å². The number of hydrogen-bond acceptors (Lipinski definition) is 2. The Morgan fingerprint density at radius 2 is 2.05 bits per heavy atom. The zero-order chi connectivity index (χ0) is 14.2. The first-order valence-corrected chi connectivity index (χ1v) is 8.19. The lowest BCUT2D eigenvalue weighted by atomic mass is 9.81. The van der Waals surface area contributed by atoms with Gasteiger partial charge in [-0.15, -0.1) is 0 Å². The first kappa shape index (κ1) is 15.4. The summed E-state index contributed by atoms with van der Waals surface area (Å²) in [6.45, 7) is 3.38. The number of methoxy groups -OCH3 is 1. The highest BCUT2D eigenvalue weighted by Gasteiger charge is 2.23. The van der Waals surface area contributed by atoms with Crippen LogP contribution in [0, 0.1) is 5.92 Å². The molecule has 0 saturated heterocycles. The molecule has 1 aromatic rings. The maximum absolute atomic E-state index is 5.34. The summed E-state index contributed by atoms with van der Waals surface area (Å²) in [6, 6.07) is 9.17. The summed E-state index contributed by atoms with van der Waals surface area (Å²) in [5.41, 5.74) is 1.39. The van der Waals surface area contributed by atoms with E-state index in [1.165, 1.54) is 44.1 Å². The molecule has 1 saturated carbocycles. The van der Waals surface area contributed by atoms with Crippen molar-refractivity contribution in [1.82, 2.24) is 5.32 Å². The molecule has 1 N–H and O–H groups in total. The fourth-order valence-electron chi connectivity index (χ4n) is 3.33. The van der Waals surface area contributed by atoms with E-state index in [9.17, 15) is 0 Å². The summed E-state index contributed by atoms with van der Waals surface area (Å²) in [6.07, 6.45) is 9.37. The van der Waals surface area contributed by atoms with Crippen LogP contribution in [-0.2, 0) is 6.42 Å². The molecule has 0 radical (unpaired) electrons. The molecule has 1 aliphatic carbocycles. The minimum absolute atomic E-state index is 0.627. The van der Waals surface area contributed by atoms with Gasteiger partial charge in [0.15, 0.2) is 0 Å². The minimum Gasteiger partial charge on any atom is -0.497 e. The van der Waals surface area contributed by atoms with Gasteiger partial charge in [0.05, 0.1) is 7.11 Å². The Bertz CT molecular complexity index is 385. The topological polar surface area (TPSA) is 21.3 Å². The number of nitrogens with one attached hydrogen (secondary N) is 1. The van der Waals surface area contributed by atoms with Gasteiger partial charge < -0.3 is 10.1 Å². The normalized spacial score (nSPS) is 17.9. The Hall–Kier alpha value is -1.02. The van der Waals surface area contributed by atoms with Crippen molar-refractivity contribution in [3.63, 3.8) is 0 Å². The number of hydrogen-bond donors (Lipinski definition) is 1. The van der Waals surface area contributed by atoms with E-state index in [4.69, 9.17) is 4.74 Å². The van der Waals surface area contributed by atoms with E-state index in [0.717, 1.165) is 24.6 Å². The molecule has 1 unspecified atom stereocenters. The van der Waals surface area contributed by atoms with Crippen molar-refractivity contribution in [3.05, 3.63) is 29.8 Å². The summed E-state index contributed by atoms with van der Waals surface area (Å²) in [5.74, 6) is 1.82. The highest BCUT2D eigenvalue weighted by atomic mass is 16.5. The van der Waals surface area contributed by atoms with Gasteiger partial charge in [-0.05, 0) is 55.8 Å². The van der Waals surface area contributed by atoms with Gasteiger partial charge >= 0.3 is 0 Å². The Labute approximate surface area is 123 Å². The average molecular weight is 275 g/mol. The third kappa shape index (κ3) is 4.52. The molecule has 2 nitrogen and oxygen atoms in total. The molecule has 112 valence electrons. The van der Waals surface area contributed by atoms with Crippen molar-refractivity contribution in [2.24, 2.45) is 5.92 Å². The molecule has 2 heteroatoms. The second-order valence-corrected chi connectivity index (χ2v) is 6.01. The average Bonchev–Trinajstić information content (AvgIpc) is 2.52. The lowest BCUT2D eigenvalue weighted by Gasteiger charge is -2.31. The van der Waals surface area contributed by atoms with Gasteiger partial charge in [0.1, 0.15) is 5.75 Å². The van der Waals surface area contributed by atoms with Crippen LogP contribution in [0.3, 0.4) is 0 Å². The van der Waals surface area contributed by atoms with Gasteiger partial charge in [-0.1, -0.05) is 38.3 Å². The predicted octanol–water partition coefficient (Wildman–Crippen LogP) is 4.19. The zero-order valence-corrected chi connectivity index (χ0v) is 13.0. The fraction of sp³-hybridized carbons (Fsp3) is 0.667. The summed E-state index contributed by atoms with van der Waals surface area (Å²) in [7, 11) is 1.74. The predicted molar refractivity (Wildman–Crippen MR) is 85.4 cm³/mol. The van der Waals surface area contributed by atoms with Crippen molar-refractivity contribution < 1.29 is 4.74 Å². The lowest BCUT2D eigenvalue weighted by Crippen LogP contribution is -2.39. The quantitative estimate of drug-likeness (QED) is 0.806. The van der Waals surface area contributed by atoms with Gasteiger partial charge in [0.2, 0.25) is 0 Å². The second-order valence-electron chi connectivity index (χ2n) is 6.01. The Balaban J connectivity index is 2.01. The van der Waals surface area contributed by atoms with Crippen LogP contribution < -0.4 is 10.1 Å². The molecular formula is C18H29NO. The highest BCUT2D eigenvalue weighted by Crippen LogP contribution is 2.28. The minimum atomic E-state index is 0.627. The largest absolute Gasteiger partial charge is 0.497 e. The molecule has 20 heavy (non-hydrogen) atoms. The van der Waals surface area contributed by atoms with Crippen LogP contribution >= 0.6 is 0 Å². The second kappa shape index (κ2) is 8.31. The molecular weight excluding hydrogens is 246 g/mol. The van der Waals surface area contributed by atoms with Crippen LogP contribution in [0.15, 0.2) is 24.3 Å². The number of rotatable bonds is 7. The molecule has 1 aliphatic rings. The van der Waals surface area contributed by atoms with Gasteiger partial charge in [-0.3, -0.25) is 0 Å². The van der Waals surface area contributed by atoms with E-state index in [1.807, 2.05) is 6.07 Å². The highest BCUT2D eigenvalue weighted by molar-refractivity contribution is 5.29. The van der Waals surface area contributed by atoms with E-state index >= 15 is 0 Å². The molecule has 2 rings (SSSR count). The van der Waals surface area contributed by atoms with E-state index < -0.39 is 0 Å². The molecule has 0 spiro atoms. The molecule has 0 heterocycles. The summed E-state index contributed by atoms with van der Waals surface area (Å²) in [4.78, 5) is 0. The Kier molecular flexibility index (Phi) is 6.38. The number of benzene rings is 1. The molecule has 1 aromatic carbocycles. The fourth-order valence-corrected chi connectivity index (χ4v) is 3.33. The van der Waals surface area contributed by atoms with Gasteiger partial charge in [-0.2, -0.15) is 0 Å².